The third kappa shape index (κ3) is 5.75. The Morgan fingerprint density at radius 2 is 1.68 bits per heavy atom. The summed E-state index contributed by atoms with van der Waals surface area (Å²) in [6.45, 7) is 3.80. The summed E-state index contributed by atoms with van der Waals surface area (Å²) in [5.74, 6) is -1.95. The van der Waals surface area contributed by atoms with Gasteiger partial charge in [-0.1, -0.05) is 38.3 Å². The maximum Gasteiger partial charge on any atom is 0.337 e. The Morgan fingerprint density at radius 3 is 2.23 bits per heavy atom. The molecular formula is C21H25ClN2O6S. The van der Waals surface area contributed by atoms with E-state index in [1.807, 2.05) is 19.3 Å². The van der Waals surface area contributed by atoms with Gasteiger partial charge in [-0.25, -0.2) is 13.2 Å². The molecule has 0 spiro atoms. The van der Waals surface area contributed by atoms with Crippen molar-refractivity contribution in [3.63, 3.8) is 0 Å². The minimum Gasteiger partial charge on any atom is -0.478 e. The van der Waals surface area contributed by atoms with Gasteiger partial charge in [0.05, 0.1) is 27.1 Å². The van der Waals surface area contributed by atoms with Crippen molar-refractivity contribution in [1.29, 1.82) is 0 Å². The number of aromatic carboxylic acids is 1. The van der Waals surface area contributed by atoms with Crippen LogP contribution in [-0.2, 0) is 9.84 Å². The van der Waals surface area contributed by atoms with Crippen LogP contribution in [0.5, 0.6) is 0 Å². The van der Waals surface area contributed by atoms with E-state index >= 15 is 0 Å². The minimum atomic E-state index is -3.74. The van der Waals surface area contributed by atoms with Gasteiger partial charge in [0, 0.05) is 10.6 Å². The van der Waals surface area contributed by atoms with Crippen LogP contribution in [0.15, 0.2) is 41.3 Å². The van der Waals surface area contributed by atoms with Gasteiger partial charge in [-0.15, -0.1) is 0 Å². The Bertz CT molecular complexity index is 1070. The summed E-state index contributed by atoms with van der Waals surface area (Å²) < 4.78 is 26.2. The first-order chi connectivity index (χ1) is 14.6. The number of benzene rings is 2. The molecule has 2 aromatic rings. The number of carboxylic acid groups (broad SMARTS) is 1. The summed E-state index contributed by atoms with van der Waals surface area (Å²) in [6, 6.07) is 7.77. The van der Waals surface area contributed by atoms with Gasteiger partial charge < -0.3 is 10.4 Å². The van der Waals surface area contributed by atoms with Crippen molar-refractivity contribution >= 4 is 44.7 Å². The van der Waals surface area contributed by atoms with E-state index in [1.165, 1.54) is 36.4 Å². The van der Waals surface area contributed by atoms with E-state index in [2.05, 4.69) is 5.32 Å². The Balaban J connectivity index is 2.39. The van der Waals surface area contributed by atoms with Gasteiger partial charge in [-0.05, 0) is 49.2 Å². The van der Waals surface area contributed by atoms with E-state index in [0.29, 0.717) is 25.7 Å². The molecule has 0 aliphatic heterocycles. The number of carbonyl (C=O) groups excluding carboxylic acids is 1. The van der Waals surface area contributed by atoms with Crippen LogP contribution >= 0.6 is 11.6 Å². The van der Waals surface area contributed by atoms with Gasteiger partial charge >= 0.3 is 5.97 Å². The van der Waals surface area contributed by atoms with Crippen molar-refractivity contribution in [1.82, 2.24) is 0 Å². The van der Waals surface area contributed by atoms with Crippen LogP contribution in [-0.4, -0.2) is 35.9 Å². The number of sulfone groups is 1. The highest BCUT2D eigenvalue weighted by Gasteiger charge is 2.29. The van der Waals surface area contributed by atoms with Gasteiger partial charge in [-0.2, -0.15) is 0 Å². The van der Waals surface area contributed by atoms with Gasteiger partial charge in [0.1, 0.15) is 0 Å². The van der Waals surface area contributed by atoms with Crippen molar-refractivity contribution in [2.45, 2.75) is 49.7 Å². The lowest BCUT2D eigenvalue weighted by Crippen LogP contribution is -2.23. The Morgan fingerprint density at radius 1 is 1.03 bits per heavy atom. The van der Waals surface area contributed by atoms with Crippen molar-refractivity contribution in [2.75, 3.05) is 10.8 Å². The molecule has 0 heterocycles. The quantitative estimate of drug-likeness (QED) is 0.367. The van der Waals surface area contributed by atoms with E-state index in [-0.39, 0.29) is 32.4 Å². The zero-order valence-electron chi connectivity index (χ0n) is 17.2. The van der Waals surface area contributed by atoms with Crippen LogP contribution < -0.4 is 10.8 Å². The van der Waals surface area contributed by atoms with Crippen LogP contribution in [0.1, 0.15) is 60.2 Å². The van der Waals surface area contributed by atoms with Crippen molar-refractivity contribution in [3.05, 3.63) is 52.5 Å². The number of rotatable bonds is 10. The highest BCUT2D eigenvalue weighted by Crippen LogP contribution is 2.30. The average molecular weight is 469 g/mol. The second kappa shape index (κ2) is 10.6. The molecule has 31 heavy (non-hydrogen) atoms. The highest BCUT2D eigenvalue weighted by atomic mass is 35.5. The summed E-state index contributed by atoms with van der Waals surface area (Å²) >= 11 is 5.82. The summed E-state index contributed by atoms with van der Waals surface area (Å²) in [6.07, 6.45) is 2.36. The summed E-state index contributed by atoms with van der Waals surface area (Å²) in [5.41, 5.74) is 1.61. The predicted molar refractivity (Wildman–Crippen MR) is 119 cm³/mol. The third-order valence-corrected chi connectivity index (χ3v) is 7.34. The predicted octanol–water partition coefficient (Wildman–Crippen LogP) is 4.83. The zero-order chi connectivity index (χ0) is 23.2. The molecule has 0 aliphatic rings. The van der Waals surface area contributed by atoms with Crippen LogP contribution in [0.4, 0.5) is 11.4 Å². The van der Waals surface area contributed by atoms with Crippen LogP contribution in [0.25, 0.3) is 0 Å². The lowest BCUT2D eigenvalue weighted by molar-refractivity contribution is 0.0698. The molecule has 0 aliphatic carbocycles. The monoisotopic (exact) mass is 468 g/mol. The van der Waals surface area contributed by atoms with Gasteiger partial charge in [0.15, 0.2) is 9.84 Å². The van der Waals surface area contributed by atoms with Crippen LogP contribution in [0.2, 0.25) is 5.02 Å². The summed E-state index contributed by atoms with van der Waals surface area (Å²) in [4.78, 5) is 23.9. The van der Waals surface area contributed by atoms with E-state index < -0.39 is 27.0 Å². The standard InChI is InChI=1S/C21H25ClN2O6S/c1-3-5-15(6-4-2)31(29,30)19-10-7-13(11-18(19)24-28)20(25)23-17-9-8-14(22)12-16(17)21(26)27/h7-12,15,24,28H,3-6H2,1-2H3,(H,23,25)(H,26,27). The molecule has 2 rings (SSSR count). The number of amides is 1. The average Bonchev–Trinajstić information content (AvgIpc) is 2.74. The molecule has 0 saturated carbocycles. The molecule has 0 radical (unpaired) electrons. The van der Waals surface area contributed by atoms with Crippen LogP contribution in [0, 0.1) is 0 Å². The van der Waals surface area contributed by atoms with E-state index in [4.69, 9.17) is 11.6 Å². The lowest BCUT2D eigenvalue weighted by atomic mass is 10.1. The number of halogens is 1. The number of anilines is 2. The molecule has 168 valence electrons. The summed E-state index contributed by atoms with van der Waals surface area (Å²) in [5, 5.41) is 20.9. The molecule has 4 N–H and O–H groups in total. The molecule has 0 fully saturated rings. The Labute approximate surface area is 186 Å². The smallest absolute Gasteiger partial charge is 0.337 e. The molecule has 10 heteroatoms. The second-order valence-electron chi connectivity index (χ2n) is 7.02. The fourth-order valence-corrected chi connectivity index (χ4v) is 5.57. The zero-order valence-corrected chi connectivity index (χ0v) is 18.8. The molecule has 0 aromatic heterocycles. The third-order valence-electron chi connectivity index (χ3n) is 4.79. The van der Waals surface area contributed by atoms with Crippen molar-refractivity contribution in [2.24, 2.45) is 0 Å². The second-order valence-corrected chi connectivity index (χ2v) is 9.65. The first kappa shape index (κ1) is 24.6. The van der Waals surface area contributed by atoms with Crippen molar-refractivity contribution in [3.8, 4) is 0 Å². The minimum absolute atomic E-state index is 0.0306. The highest BCUT2D eigenvalue weighted by molar-refractivity contribution is 7.92. The van der Waals surface area contributed by atoms with Gasteiger partial charge in [0.25, 0.3) is 5.91 Å². The molecule has 8 nitrogen and oxygen atoms in total. The maximum atomic E-state index is 13.1. The molecule has 0 bridgehead atoms. The molecule has 1 amide bonds. The molecular weight excluding hydrogens is 444 g/mol. The van der Waals surface area contributed by atoms with E-state index in [9.17, 15) is 28.3 Å². The molecule has 2 aromatic carbocycles. The lowest BCUT2D eigenvalue weighted by Gasteiger charge is -2.19. The fraction of sp³-hybridized carbons (Fsp3) is 0.333. The van der Waals surface area contributed by atoms with E-state index in [0.717, 1.165) is 0 Å². The molecule has 0 unspecified atom stereocenters. The Hall–Kier alpha value is -2.62. The number of hydrogen-bond acceptors (Lipinski definition) is 6. The van der Waals surface area contributed by atoms with Crippen molar-refractivity contribution < 1.29 is 28.3 Å². The SMILES string of the molecule is CCCC(CCC)S(=O)(=O)c1ccc(C(=O)Nc2ccc(Cl)cc2C(=O)O)cc1NO. The first-order valence-corrected chi connectivity index (χ1v) is 11.7. The normalized spacial score (nSPS) is 11.4. The van der Waals surface area contributed by atoms with E-state index in [1.54, 1.807) is 0 Å². The molecule has 0 atom stereocenters. The van der Waals surface area contributed by atoms with Gasteiger partial charge in [0.2, 0.25) is 0 Å². The fourth-order valence-electron chi connectivity index (χ4n) is 3.28. The number of hydrogen-bond donors (Lipinski definition) is 4. The number of carboxylic acids is 1. The Kier molecular flexibility index (Phi) is 8.43. The number of nitrogens with one attached hydrogen (secondary N) is 2. The first-order valence-electron chi connectivity index (χ1n) is 9.77. The topological polar surface area (TPSA) is 133 Å². The maximum absolute atomic E-state index is 13.1. The number of carbonyl (C=O) groups is 2. The largest absolute Gasteiger partial charge is 0.478 e. The van der Waals surface area contributed by atoms with Gasteiger partial charge in [-0.3, -0.25) is 15.5 Å². The summed E-state index contributed by atoms with van der Waals surface area (Å²) in [7, 11) is -3.74. The molecule has 0 saturated heterocycles. The van der Waals surface area contributed by atoms with Crippen LogP contribution in [0.3, 0.4) is 0 Å².